The number of halogens is 1. The molecule has 114 valence electrons. The average Bonchev–Trinajstić information content (AvgIpc) is 2.53. The fraction of sp³-hybridized carbons (Fsp3) is 0.294. The number of aliphatic carboxylic acids is 1. The van der Waals surface area contributed by atoms with Crippen LogP contribution in [0.4, 0.5) is 0 Å². The van der Waals surface area contributed by atoms with Gasteiger partial charge < -0.3 is 10.0 Å². The Kier molecular flexibility index (Phi) is 4.16. The maximum absolute atomic E-state index is 12.7. The quantitative estimate of drug-likeness (QED) is 0.887. The molecule has 3 rings (SSSR count). The lowest BCUT2D eigenvalue weighted by molar-refractivity contribution is -0.143. The van der Waals surface area contributed by atoms with E-state index in [9.17, 15) is 14.7 Å². The fourth-order valence-electron chi connectivity index (χ4n) is 2.95. The number of nitrogens with zero attached hydrogens (tertiary/aromatic N) is 1. The molecule has 1 aliphatic heterocycles. The van der Waals surface area contributed by atoms with Crippen molar-refractivity contribution in [2.75, 3.05) is 6.54 Å². The maximum Gasteiger partial charge on any atom is 0.326 e. The van der Waals surface area contributed by atoms with Gasteiger partial charge in [0.1, 0.15) is 6.04 Å². The molecule has 1 unspecified atom stereocenters. The van der Waals surface area contributed by atoms with Crippen LogP contribution in [0.3, 0.4) is 0 Å². The van der Waals surface area contributed by atoms with E-state index in [0.717, 1.165) is 28.1 Å². The largest absolute Gasteiger partial charge is 0.480 e. The molecule has 0 aromatic heterocycles. The zero-order valence-electron chi connectivity index (χ0n) is 12.0. The molecular formula is C17H16BrNO3. The summed E-state index contributed by atoms with van der Waals surface area (Å²) in [5, 5.41) is 11.3. The van der Waals surface area contributed by atoms with E-state index < -0.39 is 12.0 Å². The molecule has 1 fully saturated rings. The van der Waals surface area contributed by atoms with Gasteiger partial charge in [-0.3, -0.25) is 4.79 Å². The number of piperidine rings is 1. The second-order valence-corrected chi connectivity index (χ2v) is 6.47. The average molecular weight is 362 g/mol. The van der Waals surface area contributed by atoms with Crippen LogP contribution in [-0.4, -0.2) is 34.5 Å². The predicted octanol–water partition coefficient (Wildman–Crippen LogP) is 3.68. The summed E-state index contributed by atoms with van der Waals surface area (Å²) in [7, 11) is 0. The molecule has 4 nitrogen and oxygen atoms in total. The van der Waals surface area contributed by atoms with Gasteiger partial charge in [0.05, 0.1) is 0 Å². The Morgan fingerprint density at radius 3 is 2.59 bits per heavy atom. The predicted molar refractivity (Wildman–Crippen MR) is 88.0 cm³/mol. The van der Waals surface area contributed by atoms with E-state index in [2.05, 4.69) is 15.9 Å². The lowest BCUT2D eigenvalue weighted by Crippen LogP contribution is -2.47. The van der Waals surface area contributed by atoms with Crippen molar-refractivity contribution in [3.63, 3.8) is 0 Å². The zero-order valence-corrected chi connectivity index (χ0v) is 13.5. The smallest absolute Gasteiger partial charge is 0.326 e. The van der Waals surface area contributed by atoms with Gasteiger partial charge in [-0.1, -0.05) is 28.1 Å². The number of hydrogen-bond acceptors (Lipinski definition) is 2. The summed E-state index contributed by atoms with van der Waals surface area (Å²) in [6.45, 7) is 0.508. The molecule has 1 N–H and O–H groups in total. The lowest BCUT2D eigenvalue weighted by Gasteiger charge is -2.33. The van der Waals surface area contributed by atoms with Crippen LogP contribution in [0.2, 0.25) is 0 Å². The van der Waals surface area contributed by atoms with Crippen molar-refractivity contribution < 1.29 is 14.7 Å². The van der Waals surface area contributed by atoms with Gasteiger partial charge in [0, 0.05) is 16.6 Å². The Balaban J connectivity index is 1.93. The molecule has 1 heterocycles. The molecule has 1 saturated heterocycles. The van der Waals surface area contributed by atoms with Gasteiger partial charge in [0.15, 0.2) is 0 Å². The molecule has 0 bridgehead atoms. The molecule has 0 saturated carbocycles. The van der Waals surface area contributed by atoms with Crippen molar-refractivity contribution in [1.29, 1.82) is 0 Å². The second kappa shape index (κ2) is 6.08. The molecular weight excluding hydrogens is 346 g/mol. The van der Waals surface area contributed by atoms with Crippen LogP contribution in [0.25, 0.3) is 10.8 Å². The highest BCUT2D eigenvalue weighted by molar-refractivity contribution is 9.10. The van der Waals surface area contributed by atoms with Crippen LogP contribution >= 0.6 is 15.9 Å². The summed E-state index contributed by atoms with van der Waals surface area (Å²) in [6.07, 6.45) is 2.24. The van der Waals surface area contributed by atoms with Crippen LogP contribution in [0.5, 0.6) is 0 Å². The summed E-state index contributed by atoms with van der Waals surface area (Å²) >= 11 is 3.43. The van der Waals surface area contributed by atoms with Gasteiger partial charge in [-0.05, 0) is 54.3 Å². The highest BCUT2D eigenvalue weighted by Crippen LogP contribution is 2.24. The van der Waals surface area contributed by atoms with Gasteiger partial charge in [0.2, 0.25) is 0 Å². The summed E-state index contributed by atoms with van der Waals surface area (Å²) < 4.78 is 0.987. The van der Waals surface area contributed by atoms with Crippen molar-refractivity contribution in [2.24, 2.45) is 0 Å². The van der Waals surface area contributed by atoms with E-state index in [1.54, 1.807) is 6.07 Å². The standard InChI is InChI=1S/C17H16BrNO3/c18-14-7-6-11-9-13(5-4-12(11)10-14)16(20)19-8-2-1-3-15(19)17(21)22/h4-7,9-10,15H,1-3,8H2,(H,21,22). The number of carboxylic acid groups (broad SMARTS) is 1. The minimum absolute atomic E-state index is 0.197. The Morgan fingerprint density at radius 1 is 1.09 bits per heavy atom. The molecule has 2 aromatic carbocycles. The SMILES string of the molecule is O=C(O)C1CCCCN1C(=O)c1ccc2cc(Br)ccc2c1. The van der Waals surface area contributed by atoms with Crippen molar-refractivity contribution in [3.8, 4) is 0 Å². The van der Waals surface area contributed by atoms with Crippen molar-refractivity contribution in [1.82, 2.24) is 4.90 Å². The van der Waals surface area contributed by atoms with Crippen molar-refractivity contribution >= 4 is 38.6 Å². The molecule has 2 aromatic rings. The van der Waals surface area contributed by atoms with E-state index in [1.165, 1.54) is 4.90 Å². The Morgan fingerprint density at radius 2 is 1.82 bits per heavy atom. The van der Waals surface area contributed by atoms with Gasteiger partial charge in [-0.25, -0.2) is 4.79 Å². The topological polar surface area (TPSA) is 57.6 Å². The fourth-order valence-corrected chi connectivity index (χ4v) is 3.33. The lowest BCUT2D eigenvalue weighted by atomic mass is 10.00. The second-order valence-electron chi connectivity index (χ2n) is 5.55. The van der Waals surface area contributed by atoms with Gasteiger partial charge in [0.25, 0.3) is 5.91 Å². The molecule has 0 spiro atoms. The van der Waals surface area contributed by atoms with Gasteiger partial charge >= 0.3 is 5.97 Å². The van der Waals surface area contributed by atoms with Crippen LogP contribution < -0.4 is 0 Å². The van der Waals surface area contributed by atoms with Gasteiger partial charge in [-0.15, -0.1) is 0 Å². The first-order valence-corrected chi connectivity index (χ1v) is 8.08. The minimum atomic E-state index is -0.919. The Labute approximate surface area is 136 Å². The van der Waals surface area contributed by atoms with E-state index in [1.807, 2.05) is 30.3 Å². The number of carbonyl (C=O) groups is 2. The number of benzene rings is 2. The van der Waals surface area contributed by atoms with Crippen LogP contribution in [0.15, 0.2) is 40.9 Å². The monoisotopic (exact) mass is 361 g/mol. The number of carbonyl (C=O) groups excluding carboxylic acids is 1. The molecule has 1 aliphatic rings. The summed E-state index contributed by atoms with van der Waals surface area (Å²) in [5.74, 6) is -1.12. The molecule has 0 aliphatic carbocycles. The Bertz CT molecular complexity index is 744. The first-order valence-electron chi connectivity index (χ1n) is 7.29. The van der Waals surface area contributed by atoms with Crippen LogP contribution in [0.1, 0.15) is 29.6 Å². The first kappa shape index (κ1) is 15.0. The highest BCUT2D eigenvalue weighted by Gasteiger charge is 2.32. The molecule has 1 amide bonds. The first-order chi connectivity index (χ1) is 10.6. The molecule has 0 radical (unpaired) electrons. The summed E-state index contributed by atoms with van der Waals surface area (Å²) in [6, 6.07) is 10.7. The molecule has 1 atom stereocenters. The third kappa shape index (κ3) is 2.86. The maximum atomic E-state index is 12.7. The number of likely N-dealkylation sites (tertiary alicyclic amines) is 1. The molecule has 22 heavy (non-hydrogen) atoms. The van der Waals surface area contributed by atoms with E-state index in [-0.39, 0.29) is 5.91 Å². The summed E-state index contributed by atoms with van der Waals surface area (Å²) in [5.41, 5.74) is 0.544. The highest BCUT2D eigenvalue weighted by atomic mass is 79.9. The summed E-state index contributed by atoms with van der Waals surface area (Å²) in [4.78, 5) is 25.5. The van der Waals surface area contributed by atoms with E-state index in [4.69, 9.17) is 0 Å². The van der Waals surface area contributed by atoms with Crippen LogP contribution in [-0.2, 0) is 4.79 Å². The normalized spacial score (nSPS) is 18.4. The number of rotatable bonds is 2. The van der Waals surface area contributed by atoms with Crippen molar-refractivity contribution in [2.45, 2.75) is 25.3 Å². The number of fused-ring (bicyclic) bond motifs is 1. The van der Waals surface area contributed by atoms with Gasteiger partial charge in [-0.2, -0.15) is 0 Å². The zero-order chi connectivity index (χ0) is 15.7. The Hall–Kier alpha value is -1.88. The number of amides is 1. The third-order valence-electron chi connectivity index (χ3n) is 4.10. The number of hydrogen-bond donors (Lipinski definition) is 1. The molecule has 5 heteroatoms. The van der Waals surface area contributed by atoms with E-state index >= 15 is 0 Å². The van der Waals surface area contributed by atoms with Crippen LogP contribution in [0, 0.1) is 0 Å². The number of carboxylic acids is 1. The minimum Gasteiger partial charge on any atom is -0.480 e. The third-order valence-corrected chi connectivity index (χ3v) is 4.59. The van der Waals surface area contributed by atoms with Crippen molar-refractivity contribution in [3.05, 3.63) is 46.4 Å². The van der Waals surface area contributed by atoms with E-state index in [0.29, 0.717) is 18.5 Å².